The summed E-state index contributed by atoms with van der Waals surface area (Å²) in [5.74, 6) is -10.3. The molecule has 0 bridgehead atoms. The van der Waals surface area contributed by atoms with Crippen LogP contribution in [0.4, 0.5) is 0 Å². The number of carbonyl (C=O) groups excluding carboxylic acids is 5. The molecule has 198 valence electrons. The largest absolute Gasteiger partial charge is 0.507 e. The van der Waals surface area contributed by atoms with Crippen molar-refractivity contribution in [3.05, 3.63) is 53.1 Å². The number of benzene rings is 2. The lowest BCUT2D eigenvalue weighted by Crippen LogP contribution is -2.74. The fraction of sp³-hybridized carbons (Fsp3) is 0.414. The van der Waals surface area contributed by atoms with Crippen LogP contribution >= 0.6 is 0 Å². The Hall–Kier alpha value is -3.69. The molecule has 0 radical (unpaired) electrons. The molecule has 6 atom stereocenters. The van der Waals surface area contributed by atoms with Crippen LogP contribution in [-0.4, -0.2) is 69.9 Å². The number of aliphatic hydroxyl groups is 1. The Morgan fingerprint density at radius 3 is 2.34 bits per heavy atom. The van der Waals surface area contributed by atoms with Crippen molar-refractivity contribution in [2.24, 2.45) is 29.4 Å². The van der Waals surface area contributed by atoms with Gasteiger partial charge in [0.1, 0.15) is 5.75 Å². The molecule has 3 aliphatic carbocycles. The summed E-state index contributed by atoms with van der Waals surface area (Å²) in [6.07, 6.45) is 0.688. The van der Waals surface area contributed by atoms with Gasteiger partial charge < -0.3 is 15.9 Å². The number of ketones is 4. The first-order valence-electron chi connectivity index (χ1n) is 12.7. The van der Waals surface area contributed by atoms with Crippen LogP contribution in [0.5, 0.6) is 5.75 Å². The summed E-state index contributed by atoms with van der Waals surface area (Å²) in [7, 11) is 3.12. The third-order valence-electron chi connectivity index (χ3n) is 8.61. The number of likely N-dealkylation sites (N-methyl/N-ethyl adjacent to an activating group) is 1. The van der Waals surface area contributed by atoms with Crippen molar-refractivity contribution in [3.63, 3.8) is 0 Å². The van der Waals surface area contributed by atoms with Crippen LogP contribution in [0, 0.1) is 23.7 Å². The Balaban J connectivity index is 1.70. The highest BCUT2D eigenvalue weighted by Crippen LogP contribution is 2.52. The van der Waals surface area contributed by atoms with Gasteiger partial charge in [0.15, 0.2) is 34.7 Å². The number of phenols is 1. The normalized spacial score (nSPS) is 30.6. The molecule has 2 aromatic rings. The molecule has 2 fully saturated rings. The van der Waals surface area contributed by atoms with E-state index in [9.17, 15) is 34.2 Å². The second-order valence-corrected chi connectivity index (χ2v) is 10.8. The van der Waals surface area contributed by atoms with E-state index in [1.807, 2.05) is 43.3 Å². The first kappa shape index (κ1) is 25.9. The predicted octanol–water partition coefficient (Wildman–Crippen LogP) is 1.10. The molecule has 5 rings (SSSR count). The van der Waals surface area contributed by atoms with Gasteiger partial charge in [-0.25, -0.2) is 0 Å². The average Bonchev–Trinajstić information content (AvgIpc) is 2.86. The molecule has 0 spiro atoms. The number of nitrogens with zero attached hydrogens (tertiary/aromatic N) is 1. The lowest BCUT2D eigenvalue weighted by Gasteiger charge is -2.52. The summed E-state index contributed by atoms with van der Waals surface area (Å²) in [6.45, 7) is 1.84. The molecule has 2 aromatic carbocycles. The quantitative estimate of drug-likeness (QED) is 0.508. The van der Waals surface area contributed by atoms with Crippen LogP contribution in [0.15, 0.2) is 36.4 Å². The van der Waals surface area contributed by atoms with Gasteiger partial charge in [-0.1, -0.05) is 37.3 Å². The van der Waals surface area contributed by atoms with E-state index < -0.39 is 64.4 Å². The minimum Gasteiger partial charge on any atom is -0.507 e. The lowest BCUT2D eigenvalue weighted by molar-refractivity contribution is -0.181. The number of Topliss-reactive ketones (excluding diaryl/α,β-unsaturated/α-hetero) is 4. The van der Waals surface area contributed by atoms with E-state index in [0.29, 0.717) is 17.5 Å². The van der Waals surface area contributed by atoms with Gasteiger partial charge in [-0.3, -0.25) is 28.9 Å². The summed E-state index contributed by atoms with van der Waals surface area (Å²) in [5.41, 5.74) is 5.41. The predicted molar refractivity (Wildman–Crippen MR) is 136 cm³/mol. The van der Waals surface area contributed by atoms with Crippen LogP contribution in [0.25, 0.3) is 11.1 Å². The molecule has 9 nitrogen and oxygen atoms in total. The van der Waals surface area contributed by atoms with Gasteiger partial charge in [0.05, 0.1) is 17.5 Å². The van der Waals surface area contributed by atoms with E-state index in [2.05, 4.69) is 0 Å². The molecule has 1 amide bonds. The van der Waals surface area contributed by atoms with Crippen LogP contribution in [-0.2, 0) is 32.0 Å². The molecule has 3 aliphatic rings. The van der Waals surface area contributed by atoms with Crippen LogP contribution in [0.3, 0.4) is 0 Å². The Morgan fingerprint density at radius 2 is 1.76 bits per heavy atom. The summed E-state index contributed by atoms with van der Waals surface area (Å²) in [4.78, 5) is 68.1. The minimum atomic E-state index is -2.73. The van der Waals surface area contributed by atoms with Gasteiger partial charge in [0, 0.05) is 5.92 Å². The second kappa shape index (κ2) is 8.96. The van der Waals surface area contributed by atoms with Gasteiger partial charge in [-0.05, 0) is 67.6 Å². The van der Waals surface area contributed by atoms with E-state index in [1.54, 1.807) is 14.1 Å². The summed E-state index contributed by atoms with van der Waals surface area (Å²) >= 11 is 0. The van der Waals surface area contributed by atoms with Gasteiger partial charge in [0.25, 0.3) is 0 Å². The third-order valence-corrected chi connectivity index (χ3v) is 8.61. The monoisotopic (exact) mass is 518 g/mol. The van der Waals surface area contributed by atoms with Gasteiger partial charge in [0.2, 0.25) is 5.91 Å². The molecule has 0 heterocycles. The fourth-order valence-electron chi connectivity index (χ4n) is 6.87. The average molecular weight is 519 g/mol. The maximum absolute atomic E-state index is 14.0. The summed E-state index contributed by atoms with van der Waals surface area (Å²) in [5, 5.41) is 22.8. The van der Waals surface area contributed by atoms with E-state index in [1.165, 1.54) is 4.90 Å². The number of hydrogen-bond acceptors (Lipinski definition) is 8. The van der Waals surface area contributed by atoms with Crippen molar-refractivity contribution in [3.8, 4) is 16.9 Å². The van der Waals surface area contributed by atoms with Gasteiger partial charge in [-0.15, -0.1) is 0 Å². The van der Waals surface area contributed by atoms with Crippen molar-refractivity contribution in [2.45, 2.75) is 37.8 Å². The molecule has 0 saturated heterocycles. The zero-order chi connectivity index (χ0) is 27.7. The molecule has 38 heavy (non-hydrogen) atoms. The SMILES string of the molecule is CCc1cc(-c2ccccc2)c2c(c1O)C(=O)C1C(=O)[C@]3(O)C(=O)C(C(N)=O)C(=O)[C@@H](N(C)C)[C@@H]3C[C@@H]1C2. The van der Waals surface area contributed by atoms with Crippen molar-refractivity contribution in [2.75, 3.05) is 14.1 Å². The van der Waals surface area contributed by atoms with E-state index in [0.717, 1.165) is 11.1 Å². The Bertz CT molecular complexity index is 1400. The highest BCUT2D eigenvalue weighted by molar-refractivity contribution is 6.32. The highest BCUT2D eigenvalue weighted by atomic mass is 16.3. The molecule has 0 aliphatic heterocycles. The number of rotatable bonds is 4. The Kier molecular flexibility index (Phi) is 6.11. The maximum Gasteiger partial charge on any atom is 0.235 e. The second-order valence-electron chi connectivity index (χ2n) is 10.8. The third kappa shape index (κ3) is 3.41. The number of carbonyl (C=O) groups is 5. The van der Waals surface area contributed by atoms with E-state index >= 15 is 0 Å². The molecular formula is C29H30N2O7. The number of aryl methyl sites for hydroxylation is 1. The van der Waals surface area contributed by atoms with Crippen molar-refractivity contribution >= 4 is 29.0 Å². The molecule has 9 heteroatoms. The summed E-state index contributed by atoms with van der Waals surface area (Å²) in [6, 6.07) is 10.1. The zero-order valence-electron chi connectivity index (χ0n) is 21.4. The van der Waals surface area contributed by atoms with Crippen molar-refractivity contribution in [1.29, 1.82) is 0 Å². The van der Waals surface area contributed by atoms with Gasteiger partial charge >= 0.3 is 0 Å². The smallest absolute Gasteiger partial charge is 0.235 e. The first-order chi connectivity index (χ1) is 17.9. The Labute approximate surface area is 219 Å². The van der Waals surface area contributed by atoms with E-state index in [-0.39, 0.29) is 24.2 Å². The van der Waals surface area contributed by atoms with Crippen molar-refractivity contribution in [1.82, 2.24) is 4.90 Å². The zero-order valence-corrected chi connectivity index (χ0v) is 21.4. The molecule has 2 unspecified atom stereocenters. The number of amides is 1. The molecule has 4 N–H and O–H groups in total. The standard InChI is InChI=1S/C29H30N2O7/c1-4-13-10-16(14-8-6-5-7-9-14)17-11-15-12-18-22(31(2)3)25(34)21(28(30)37)27(36)29(18,38)26(35)19(15)24(33)20(17)23(13)32/h5-10,15,18-19,21-22,32,38H,4,11-12H2,1-3H3,(H2,30,37)/t15-,18-,19?,21?,22-,29-/m0/s1. The topological polar surface area (TPSA) is 155 Å². The van der Waals surface area contributed by atoms with Gasteiger partial charge in [-0.2, -0.15) is 0 Å². The number of phenolic OH excluding ortho intramolecular Hbond substituents is 1. The minimum absolute atomic E-state index is 0.0222. The summed E-state index contributed by atoms with van der Waals surface area (Å²) < 4.78 is 0. The van der Waals surface area contributed by atoms with Crippen LogP contribution < -0.4 is 5.73 Å². The van der Waals surface area contributed by atoms with Crippen LogP contribution in [0.1, 0.15) is 34.8 Å². The number of nitrogens with two attached hydrogens (primary N) is 1. The number of primary amides is 1. The van der Waals surface area contributed by atoms with E-state index in [4.69, 9.17) is 5.73 Å². The molecule has 0 aromatic heterocycles. The van der Waals surface area contributed by atoms with Crippen molar-refractivity contribution < 1.29 is 34.2 Å². The number of aromatic hydroxyl groups is 1. The Morgan fingerprint density at radius 1 is 1.11 bits per heavy atom. The highest BCUT2D eigenvalue weighted by Gasteiger charge is 2.69. The first-order valence-corrected chi connectivity index (χ1v) is 12.7. The van der Waals surface area contributed by atoms with Crippen LogP contribution in [0.2, 0.25) is 0 Å². The lowest BCUT2D eigenvalue weighted by atomic mass is 9.52. The number of fused-ring (bicyclic) bond motifs is 3. The maximum atomic E-state index is 14.0. The molecular weight excluding hydrogens is 488 g/mol. The molecule has 2 saturated carbocycles. The number of hydrogen-bond donors (Lipinski definition) is 3. The fourth-order valence-corrected chi connectivity index (χ4v) is 6.87.